The van der Waals surface area contributed by atoms with Crippen LogP contribution in [0.3, 0.4) is 0 Å². The summed E-state index contributed by atoms with van der Waals surface area (Å²) in [6.07, 6.45) is 2.24. The second-order valence-electron chi connectivity index (χ2n) is 8.06. The van der Waals surface area contributed by atoms with Crippen LogP contribution in [0.15, 0.2) is 36.4 Å². The van der Waals surface area contributed by atoms with Gasteiger partial charge < -0.3 is 14.5 Å². The average molecular weight is 431 g/mol. The van der Waals surface area contributed by atoms with E-state index in [0.717, 1.165) is 23.1 Å². The van der Waals surface area contributed by atoms with E-state index in [1.165, 1.54) is 0 Å². The molecule has 30 heavy (non-hydrogen) atoms. The molecule has 1 fully saturated rings. The summed E-state index contributed by atoms with van der Waals surface area (Å²) in [5.41, 5.74) is 2.60. The Bertz CT molecular complexity index is 1070. The Labute approximate surface area is 176 Å². The van der Waals surface area contributed by atoms with Gasteiger partial charge in [-0.25, -0.2) is 22.9 Å². The predicted octanol–water partition coefficient (Wildman–Crippen LogP) is 2.28. The highest BCUT2D eigenvalue weighted by molar-refractivity contribution is 7.88. The molecule has 1 aromatic heterocycles. The van der Waals surface area contributed by atoms with Gasteiger partial charge in [0, 0.05) is 25.2 Å². The number of pyridine rings is 1. The Morgan fingerprint density at radius 1 is 1.23 bits per heavy atom. The first-order valence-electron chi connectivity index (χ1n) is 9.92. The number of urea groups is 1. The van der Waals surface area contributed by atoms with Crippen LogP contribution in [0.25, 0.3) is 0 Å². The summed E-state index contributed by atoms with van der Waals surface area (Å²) < 4.78 is 32.5. The lowest BCUT2D eigenvalue weighted by molar-refractivity contribution is 0.152. The third-order valence-electron chi connectivity index (χ3n) is 5.55. The maximum atomic E-state index is 13.2. The summed E-state index contributed by atoms with van der Waals surface area (Å²) in [4.78, 5) is 21.2. The quantitative estimate of drug-likeness (QED) is 0.789. The van der Waals surface area contributed by atoms with Gasteiger partial charge >= 0.3 is 6.03 Å². The summed E-state index contributed by atoms with van der Waals surface area (Å²) in [6, 6.07) is 10.7. The van der Waals surface area contributed by atoms with Crippen LogP contribution < -0.4 is 9.46 Å². The van der Waals surface area contributed by atoms with Crippen LogP contribution in [0.1, 0.15) is 23.2 Å². The zero-order chi connectivity index (χ0) is 21.5. The van der Waals surface area contributed by atoms with E-state index in [2.05, 4.69) is 9.71 Å². The van der Waals surface area contributed by atoms with Crippen molar-refractivity contribution < 1.29 is 17.9 Å². The molecule has 2 aliphatic heterocycles. The van der Waals surface area contributed by atoms with Crippen LogP contribution in [-0.4, -0.2) is 61.2 Å². The number of ether oxygens (including phenoxy) is 1. The first-order valence-corrected chi connectivity index (χ1v) is 11.8. The van der Waals surface area contributed by atoms with Gasteiger partial charge in [-0.05, 0) is 43.5 Å². The Morgan fingerprint density at radius 3 is 2.80 bits per heavy atom. The van der Waals surface area contributed by atoms with Gasteiger partial charge in [0.15, 0.2) is 0 Å². The summed E-state index contributed by atoms with van der Waals surface area (Å²) in [5.74, 6) is 1.18. The number of carbonyl (C=O) groups excluding carboxylic acids is 1. The summed E-state index contributed by atoms with van der Waals surface area (Å²) in [7, 11) is -1.66. The molecule has 0 aliphatic carbocycles. The summed E-state index contributed by atoms with van der Waals surface area (Å²) in [6.45, 7) is 2.75. The molecule has 2 amide bonds. The molecule has 160 valence electrons. The summed E-state index contributed by atoms with van der Waals surface area (Å²) >= 11 is 0. The van der Waals surface area contributed by atoms with E-state index in [-0.39, 0.29) is 18.1 Å². The van der Waals surface area contributed by atoms with Crippen molar-refractivity contribution >= 4 is 16.1 Å². The number of benzene rings is 1. The van der Waals surface area contributed by atoms with Gasteiger partial charge in [-0.3, -0.25) is 0 Å². The van der Waals surface area contributed by atoms with Crippen molar-refractivity contribution in [1.82, 2.24) is 19.5 Å². The van der Waals surface area contributed by atoms with E-state index in [1.807, 2.05) is 43.3 Å². The minimum Gasteiger partial charge on any atom is -0.439 e. The van der Waals surface area contributed by atoms with Crippen molar-refractivity contribution in [2.75, 3.05) is 19.8 Å². The molecule has 3 heterocycles. The van der Waals surface area contributed by atoms with E-state index >= 15 is 0 Å². The lowest BCUT2D eigenvalue weighted by Gasteiger charge is -2.31. The Balaban J connectivity index is 1.75. The van der Waals surface area contributed by atoms with Gasteiger partial charge in [-0.15, -0.1) is 0 Å². The summed E-state index contributed by atoms with van der Waals surface area (Å²) in [5, 5.41) is 0. The van der Waals surface area contributed by atoms with Gasteiger partial charge in [-0.1, -0.05) is 18.2 Å². The molecule has 0 spiro atoms. The van der Waals surface area contributed by atoms with Crippen molar-refractivity contribution in [2.24, 2.45) is 0 Å². The van der Waals surface area contributed by atoms with Gasteiger partial charge in [0.05, 0.1) is 24.5 Å². The maximum absolute atomic E-state index is 13.2. The molecular formula is C21H26N4O4S. The molecule has 0 saturated carbocycles. The van der Waals surface area contributed by atoms with Crippen LogP contribution >= 0.6 is 0 Å². The normalized spacial score (nSPS) is 21.9. The van der Waals surface area contributed by atoms with E-state index < -0.39 is 10.0 Å². The number of aryl methyl sites for hydroxylation is 1. The van der Waals surface area contributed by atoms with Crippen molar-refractivity contribution in [3.63, 3.8) is 0 Å². The number of hydrogen-bond acceptors (Lipinski definition) is 5. The zero-order valence-electron chi connectivity index (χ0n) is 17.3. The molecule has 2 atom stereocenters. The van der Waals surface area contributed by atoms with Crippen molar-refractivity contribution in [3.05, 3.63) is 53.2 Å². The van der Waals surface area contributed by atoms with E-state index in [4.69, 9.17) is 4.74 Å². The predicted molar refractivity (Wildman–Crippen MR) is 113 cm³/mol. The smallest absolute Gasteiger partial charge is 0.320 e. The number of carbonyl (C=O) groups is 1. The van der Waals surface area contributed by atoms with Crippen LogP contribution in [0.2, 0.25) is 0 Å². The molecule has 0 radical (unpaired) electrons. The molecule has 2 aliphatic rings. The number of hydrogen-bond donors (Lipinski definition) is 1. The van der Waals surface area contributed by atoms with Gasteiger partial charge in [0.1, 0.15) is 5.75 Å². The van der Waals surface area contributed by atoms with Crippen LogP contribution in [0.4, 0.5) is 4.79 Å². The zero-order valence-corrected chi connectivity index (χ0v) is 18.1. The topological polar surface area (TPSA) is 91.8 Å². The molecular weight excluding hydrogens is 404 g/mol. The highest BCUT2D eigenvalue weighted by atomic mass is 32.2. The van der Waals surface area contributed by atoms with Crippen molar-refractivity contribution in [1.29, 1.82) is 0 Å². The third kappa shape index (κ3) is 4.41. The number of nitrogens with zero attached hydrogens (tertiary/aromatic N) is 3. The second-order valence-corrected chi connectivity index (χ2v) is 9.84. The lowest BCUT2D eigenvalue weighted by atomic mass is 10.0. The van der Waals surface area contributed by atoms with Gasteiger partial charge in [-0.2, -0.15) is 0 Å². The fourth-order valence-electron chi connectivity index (χ4n) is 4.11. The standard InChI is InChI=1S/C21H26N4O4S/c1-14-7-8-16-13-24(2)21(26)25-10-9-18(23-30(3,27)28)19(25)12-15-5-4-6-17(11-15)29-20(14)22-16/h4-8,11,18-19,23H,9-10,12-13H2,1-3H3/t18-,19-/m0/s1. The minimum absolute atomic E-state index is 0.141. The number of aromatic nitrogens is 1. The number of nitrogens with one attached hydrogen (secondary N) is 1. The largest absolute Gasteiger partial charge is 0.439 e. The number of amides is 2. The number of sulfonamides is 1. The maximum Gasteiger partial charge on any atom is 0.320 e. The fourth-order valence-corrected chi connectivity index (χ4v) is 4.94. The van der Waals surface area contributed by atoms with Crippen LogP contribution in [0, 0.1) is 6.92 Å². The first kappa shape index (κ1) is 20.6. The lowest BCUT2D eigenvalue weighted by Crippen LogP contribution is -2.50. The minimum atomic E-state index is -3.39. The average Bonchev–Trinajstić information content (AvgIpc) is 3.04. The SMILES string of the molecule is Cc1ccc2nc1Oc1cccc(c1)C[C@H]1[C@@H](NS(C)(=O)=O)CCN1C(=O)N(C)C2. The van der Waals surface area contributed by atoms with Gasteiger partial charge in [0.2, 0.25) is 15.9 Å². The number of fused-ring (bicyclic) bond motifs is 5. The van der Waals surface area contributed by atoms with E-state index in [0.29, 0.717) is 37.6 Å². The van der Waals surface area contributed by atoms with E-state index in [1.54, 1.807) is 16.8 Å². The van der Waals surface area contributed by atoms with Crippen LogP contribution in [-0.2, 0) is 23.0 Å². The van der Waals surface area contributed by atoms with Crippen molar-refractivity contribution in [3.8, 4) is 11.6 Å². The second kappa shape index (κ2) is 7.88. The molecule has 0 unspecified atom stereocenters. The fraction of sp³-hybridized carbons (Fsp3) is 0.429. The highest BCUT2D eigenvalue weighted by Crippen LogP contribution is 2.29. The monoisotopic (exact) mass is 430 g/mol. The molecule has 4 bridgehead atoms. The molecule has 1 saturated heterocycles. The third-order valence-corrected chi connectivity index (χ3v) is 6.28. The molecule has 4 rings (SSSR count). The molecule has 1 N–H and O–H groups in total. The Hall–Kier alpha value is -2.65. The Morgan fingerprint density at radius 2 is 2.03 bits per heavy atom. The van der Waals surface area contributed by atoms with E-state index in [9.17, 15) is 13.2 Å². The molecule has 8 nitrogen and oxygen atoms in total. The molecule has 9 heteroatoms. The molecule has 2 aromatic rings. The van der Waals surface area contributed by atoms with Crippen molar-refractivity contribution in [2.45, 2.75) is 38.4 Å². The van der Waals surface area contributed by atoms with Crippen LogP contribution in [0.5, 0.6) is 11.6 Å². The first-order chi connectivity index (χ1) is 14.2. The van der Waals surface area contributed by atoms with Gasteiger partial charge in [0.25, 0.3) is 0 Å². The Kier molecular flexibility index (Phi) is 5.42. The molecule has 1 aromatic carbocycles. The highest BCUT2D eigenvalue weighted by Gasteiger charge is 2.39. The number of rotatable bonds is 2.